The van der Waals surface area contributed by atoms with Gasteiger partial charge in [0.05, 0.1) is 10.4 Å². The van der Waals surface area contributed by atoms with E-state index in [0.29, 0.717) is 6.04 Å². The number of nitrogens with one attached hydrogen (secondary N) is 1. The highest BCUT2D eigenvalue weighted by Crippen LogP contribution is 2.26. The van der Waals surface area contributed by atoms with Crippen LogP contribution in [0.1, 0.15) is 44.0 Å². The second-order valence-electron chi connectivity index (χ2n) is 4.02. The molecule has 0 spiro atoms. The van der Waals surface area contributed by atoms with Crippen LogP contribution in [0.2, 0.25) is 4.34 Å². The summed E-state index contributed by atoms with van der Waals surface area (Å²) in [5.41, 5.74) is 0. The lowest BCUT2D eigenvalue weighted by Gasteiger charge is -2.13. The zero-order chi connectivity index (χ0) is 12.0. The molecule has 0 aliphatic rings. The molecule has 2 nitrogen and oxygen atoms in total. The Hall–Kier alpha value is -0.0900. The van der Waals surface area contributed by atoms with Gasteiger partial charge in [-0.1, -0.05) is 18.5 Å². The smallest absolute Gasteiger partial charge is 0.0931 e. The molecule has 0 saturated carbocycles. The van der Waals surface area contributed by atoms with Gasteiger partial charge in [-0.05, 0) is 44.9 Å². The normalized spacial score (nSPS) is 15.0. The highest BCUT2D eigenvalue weighted by Gasteiger charge is 2.07. The Morgan fingerprint density at radius 2 is 2.25 bits per heavy atom. The summed E-state index contributed by atoms with van der Waals surface area (Å²) < 4.78 is 0.838. The number of halogens is 1. The summed E-state index contributed by atoms with van der Waals surface area (Å²) in [5, 5.41) is 12.8. The van der Waals surface area contributed by atoms with Gasteiger partial charge in [0.2, 0.25) is 0 Å². The molecular weight excluding hydrogens is 242 g/mol. The van der Waals surface area contributed by atoms with Crippen LogP contribution >= 0.6 is 22.9 Å². The van der Waals surface area contributed by atoms with Gasteiger partial charge in [0.25, 0.3) is 0 Å². The van der Waals surface area contributed by atoms with Crippen LogP contribution in [0.4, 0.5) is 0 Å². The second-order valence-corrected chi connectivity index (χ2v) is 5.77. The Morgan fingerprint density at radius 3 is 2.81 bits per heavy atom. The third kappa shape index (κ3) is 4.83. The second kappa shape index (κ2) is 7.28. The predicted octanol–water partition coefficient (Wildman–Crippen LogP) is 3.60. The fourth-order valence-corrected chi connectivity index (χ4v) is 2.61. The number of hydrogen-bond acceptors (Lipinski definition) is 3. The summed E-state index contributed by atoms with van der Waals surface area (Å²) in [5.74, 6) is 0. The van der Waals surface area contributed by atoms with Crippen molar-refractivity contribution in [1.82, 2.24) is 5.32 Å². The maximum Gasteiger partial charge on any atom is 0.0931 e. The first kappa shape index (κ1) is 14.0. The molecular formula is C12H20ClNOS. The minimum atomic E-state index is -0.145. The van der Waals surface area contributed by atoms with Gasteiger partial charge in [-0.15, -0.1) is 11.3 Å². The van der Waals surface area contributed by atoms with Crippen LogP contribution in [0.25, 0.3) is 0 Å². The molecule has 1 aromatic heterocycles. The molecule has 0 aliphatic carbocycles. The van der Waals surface area contributed by atoms with E-state index in [4.69, 9.17) is 11.6 Å². The van der Waals surface area contributed by atoms with E-state index in [0.717, 1.165) is 30.1 Å². The van der Waals surface area contributed by atoms with Crippen molar-refractivity contribution in [2.45, 2.75) is 45.3 Å². The highest BCUT2D eigenvalue weighted by atomic mass is 35.5. The molecule has 2 atom stereocenters. The van der Waals surface area contributed by atoms with Gasteiger partial charge in [-0.2, -0.15) is 0 Å². The van der Waals surface area contributed by atoms with Gasteiger partial charge >= 0.3 is 0 Å². The molecule has 0 aromatic carbocycles. The number of aliphatic hydroxyl groups excluding tert-OH is 1. The molecule has 0 fully saturated rings. The van der Waals surface area contributed by atoms with Crippen molar-refractivity contribution in [2.24, 2.45) is 0 Å². The van der Waals surface area contributed by atoms with Crippen LogP contribution in [0.3, 0.4) is 0 Å². The molecule has 0 saturated heterocycles. The zero-order valence-corrected chi connectivity index (χ0v) is 11.4. The monoisotopic (exact) mass is 261 g/mol. The quantitative estimate of drug-likeness (QED) is 0.735. The van der Waals surface area contributed by atoms with E-state index >= 15 is 0 Å². The Kier molecular flexibility index (Phi) is 6.36. The molecule has 0 radical (unpaired) electrons. The fourth-order valence-electron chi connectivity index (χ4n) is 1.52. The summed E-state index contributed by atoms with van der Waals surface area (Å²) in [6.45, 7) is 5.08. The molecule has 1 rings (SSSR count). The fraction of sp³-hybridized carbons (Fsp3) is 0.667. The Bertz CT molecular complexity index is 303. The first-order chi connectivity index (χ1) is 7.63. The highest BCUT2D eigenvalue weighted by molar-refractivity contribution is 7.16. The minimum Gasteiger partial charge on any atom is -0.393 e. The molecule has 0 amide bonds. The van der Waals surface area contributed by atoms with E-state index in [1.165, 1.54) is 4.88 Å². The molecule has 92 valence electrons. The number of rotatable bonds is 7. The third-order valence-electron chi connectivity index (χ3n) is 2.66. The van der Waals surface area contributed by atoms with Crippen molar-refractivity contribution in [3.8, 4) is 0 Å². The standard InChI is InChI=1S/C12H20ClNOS/c1-3-10(15)5-4-8-14-9(2)11-6-7-12(13)16-11/h6-7,9-10,14-15H,3-5,8H2,1-2H3. The average molecular weight is 262 g/mol. The Labute approximate surface area is 107 Å². The molecule has 2 N–H and O–H groups in total. The summed E-state index contributed by atoms with van der Waals surface area (Å²) in [6.07, 6.45) is 2.59. The van der Waals surface area contributed by atoms with Crippen molar-refractivity contribution >= 4 is 22.9 Å². The summed E-state index contributed by atoms with van der Waals surface area (Å²) >= 11 is 7.50. The van der Waals surface area contributed by atoms with Crippen molar-refractivity contribution in [2.75, 3.05) is 6.54 Å². The van der Waals surface area contributed by atoms with E-state index < -0.39 is 0 Å². The molecule has 4 heteroatoms. The summed E-state index contributed by atoms with van der Waals surface area (Å²) in [7, 11) is 0. The van der Waals surface area contributed by atoms with Gasteiger partial charge in [-0.25, -0.2) is 0 Å². The molecule has 1 heterocycles. The predicted molar refractivity (Wildman–Crippen MR) is 71.3 cm³/mol. The SMILES string of the molecule is CCC(O)CCCNC(C)c1ccc(Cl)s1. The van der Waals surface area contributed by atoms with Gasteiger partial charge in [0, 0.05) is 10.9 Å². The lowest BCUT2D eigenvalue weighted by atomic mass is 10.1. The molecule has 16 heavy (non-hydrogen) atoms. The maximum absolute atomic E-state index is 9.40. The molecule has 1 aromatic rings. The lowest BCUT2D eigenvalue weighted by Crippen LogP contribution is -2.20. The van der Waals surface area contributed by atoms with Crippen molar-refractivity contribution < 1.29 is 5.11 Å². The zero-order valence-electron chi connectivity index (χ0n) is 9.87. The maximum atomic E-state index is 9.40. The van der Waals surface area contributed by atoms with Crippen LogP contribution in [-0.2, 0) is 0 Å². The Morgan fingerprint density at radius 1 is 1.50 bits per heavy atom. The number of aliphatic hydroxyl groups is 1. The molecule has 0 bridgehead atoms. The topological polar surface area (TPSA) is 32.3 Å². The van der Waals surface area contributed by atoms with E-state index in [1.54, 1.807) is 11.3 Å². The van der Waals surface area contributed by atoms with Crippen LogP contribution < -0.4 is 5.32 Å². The van der Waals surface area contributed by atoms with Crippen LogP contribution in [0.5, 0.6) is 0 Å². The van der Waals surface area contributed by atoms with Crippen molar-refractivity contribution in [1.29, 1.82) is 0 Å². The van der Waals surface area contributed by atoms with E-state index in [-0.39, 0.29) is 6.10 Å². The summed E-state index contributed by atoms with van der Waals surface area (Å²) in [6, 6.07) is 4.34. The first-order valence-corrected chi connectivity index (χ1v) is 6.99. The third-order valence-corrected chi connectivity index (χ3v) is 4.07. The minimum absolute atomic E-state index is 0.145. The van der Waals surface area contributed by atoms with E-state index in [1.807, 2.05) is 13.0 Å². The van der Waals surface area contributed by atoms with E-state index in [2.05, 4.69) is 18.3 Å². The van der Waals surface area contributed by atoms with Gasteiger partial charge in [0.1, 0.15) is 0 Å². The Balaban J connectivity index is 2.18. The van der Waals surface area contributed by atoms with Crippen molar-refractivity contribution in [3.63, 3.8) is 0 Å². The van der Waals surface area contributed by atoms with Gasteiger partial charge in [0.15, 0.2) is 0 Å². The van der Waals surface area contributed by atoms with Crippen molar-refractivity contribution in [3.05, 3.63) is 21.3 Å². The molecule has 0 aliphatic heterocycles. The van der Waals surface area contributed by atoms with Gasteiger partial charge < -0.3 is 10.4 Å². The average Bonchev–Trinajstić information content (AvgIpc) is 2.70. The van der Waals surface area contributed by atoms with Crippen LogP contribution in [0, 0.1) is 0 Å². The summed E-state index contributed by atoms with van der Waals surface area (Å²) in [4.78, 5) is 1.26. The van der Waals surface area contributed by atoms with Crippen LogP contribution in [0.15, 0.2) is 12.1 Å². The number of thiophene rings is 1. The number of hydrogen-bond donors (Lipinski definition) is 2. The lowest BCUT2D eigenvalue weighted by molar-refractivity contribution is 0.157. The first-order valence-electron chi connectivity index (χ1n) is 5.80. The van der Waals surface area contributed by atoms with Gasteiger partial charge in [-0.3, -0.25) is 0 Å². The largest absolute Gasteiger partial charge is 0.393 e. The van der Waals surface area contributed by atoms with E-state index in [9.17, 15) is 5.11 Å². The van der Waals surface area contributed by atoms with Crippen LogP contribution in [-0.4, -0.2) is 17.8 Å². The molecule has 2 unspecified atom stereocenters.